The van der Waals surface area contributed by atoms with Gasteiger partial charge in [-0.15, -0.1) is 0 Å². The lowest BCUT2D eigenvalue weighted by Crippen LogP contribution is -2.39. The molecule has 0 radical (unpaired) electrons. The minimum Gasteiger partial charge on any atom is -0.493 e. The summed E-state index contributed by atoms with van der Waals surface area (Å²) in [6, 6.07) is 5.24. The lowest BCUT2D eigenvalue weighted by Gasteiger charge is -2.16. The molecule has 100 valence electrons. The van der Waals surface area contributed by atoms with Gasteiger partial charge in [-0.25, -0.2) is 4.79 Å². The van der Waals surface area contributed by atoms with Crippen molar-refractivity contribution < 1.29 is 14.3 Å². The zero-order valence-electron chi connectivity index (χ0n) is 11.0. The quantitative estimate of drug-likeness (QED) is 0.809. The molecule has 1 rings (SSSR count). The van der Waals surface area contributed by atoms with Crippen LogP contribution in [0.15, 0.2) is 18.2 Å². The Morgan fingerprint density at radius 3 is 2.50 bits per heavy atom. The standard InChI is InChI=1S/C13H20N2O3/c1-4-10(15-13(14)16)7-9-5-6-11(17-2)12(8-9)18-3/h5-6,8,10H,4,7H2,1-3H3,(H3,14,15,16)/t10-/m0/s1. The minimum absolute atomic E-state index is 0.0283. The molecule has 5 heteroatoms. The smallest absolute Gasteiger partial charge is 0.312 e. The number of carbonyl (C=O) groups is 1. The number of methoxy groups -OCH3 is 2. The van der Waals surface area contributed by atoms with Crippen molar-refractivity contribution in [1.82, 2.24) is 5.32 Å². The Morgan fingerprint density at radius 2 is 2.00 bits per heavy atom. The molecule has 3 N–H and O–H groups in total. The molecule has 0 aromatic heterocycles. The Kier molecular flexibility index (Phi) is 5.30. The van der Waals surface area contributed by atoms with Crippen LogP contribution >= 0.6 is 0 Å². The van der Waals surface area contributed by atoms with Crippen LogP contribution in [-0.2, 0) is 6.42 Å². The Morgan fingerprint density at radius 1 is 1.33 bits per heavy atom. The van der Waals surface area contributed by atoms with E-state index in [1.807, 2.05) is 25.1 Å². The number of rotatable bonds is 6. The van der Waals surface area contributed by atoms with E-state index in [0.29, 0.717) is 17.9 Å². The Labute approximate surface area is 107 Å². The summed E-state index contributed by atoms with van der Waals surface area (Å²) < 4.78 is 10.4. The van der Waals surface area contributed by atoms with E-state index in [-0.39, 0.29) is 6.04 Å². The largest absolute Gasteiger partial charge is 0.493 e. The fraction of sp³-hybridized carbons (Fsp3) is 0.462. The summed E-state index contributed by atoms with van der Waals surface area (Å²) >= 11 is 0. The Hall–Kier alpha value is -1.91. The minimum atomic E-state index is -0.498. The first kappa shape index (κ1) is 14.2. The second-order valence-corrected chi connectivity index (χ2v) is 4.01. The fourth-order valence-electron chi connectivity index (χ4n) is 1.79. The summed E-state index contributed by atoms with van der Waals surface area (Å²) in [5, 5.41) is 2.71. The van der Waals surface area contributed by atoms with Gasteiger partial charge >= 0.3 is 6.03 Å². The highest BCUT2D eigenvalue weighted by atomic mass is 16.5. The van der Waals surface area contributed by atoms with Crippen molar-refractivity contribution in [2.75, 3.05) is 14.2 Å². The molecule has 2 amide bonds. The first-order valence-corrected chi connectivity index (χ1v) is 5.87. The Bertz CT molecular complexity index is 407. The normalized spacial score (nSPS) is 11.7. The highest BCUT2D eigenvalue weighted by Gasteiger charge is 2.11. The molecule has 0 aliphatic rings. The van der Waals surface area contributed by atoms with Crippen molar-refractivity contribution in [3.8, 4) is 11.5 Å². The SMILES string of the molecule is CC[C@@H](Cc1ccc(OC)c(OC)c1)NC(N)=O. The number of ether oxygens (including phenoxy) is 2. The summed E-state index contributed by atoms with van der Waals surface area (Å²) in [6.45, 7) is 2.00. The highest BCUT2D eigenvalue weighted by molar-refractivity contribution is 5.72. The number of hydrogen-bond acceptors (Lipinski definition) is 3. The van der Waals surface area contributed by atoms with Gasteiger partial charge in [0.1, 0.15) is 0 Å². The molecule has 0 unspecified atom stereocenters. The molecule has 1 aromatic carbocycles. The third-order valence-electron chi connectivity index (χ3n) is 2.77. The first-order chi connectivity index (χ1) is 8.60. The number of benzene rings is 1. The van der Waals surface area contributed by atoms with Gasteiger partial charge < -0.3 is 20.5 Å². The summed E-state index contributed by atoms with van der Waals surface area (Å²) in [5.74, 6) is 1.38. The number of urea groups is 1. The summed E-state index contributed by atoms with van der Waals surface area (Å²) in [4.78, 5) is 10.8. The van der Waals surface area contributed by atoms with Gasteiger partial charge in [0.25, 0.3) is 0 Å². The van der Waals surface area contributed by atoms with Crippen LogP contribution in [0.3, 0.4) is 0 Å². The van der Waals surface area contributed by atoms with Gasteiger partial charge in [0.05, 0.1) is 14.2 Å². The average Bonchev–Trinajstić information content (AvgIpc) is 2.37. The maximum atomic E-state index is 10.8. The maximum absolute atomic E-state index is 10.8. The van der Waals surface area contributed by atoms with Gasteiger partial charge in [-0.2, -0.15) is 0 Å². The first-order valence-electron chi connectivity index (χ1n) is 5.87. The molecule has 1 aromatic rings. The number of primary amides is 1. The molecule has 0 spiro atoms. The van der Waals surface area contributed by atoms with Crippen molar-refractivity contribution >= 4 is 6.03 Å². The van der Waals surface area contributed by atoms with Crippen LogP contribution in [0.1, 0.15) is 18.9 Å². The van der Waals surface area contributed by atoms with E-state index < -0.39 is 6.03 Å². The second kappa shape index (κ2) is 6.74. The summed E-state index contributed by atoms with van der Waals surface area (Å²) in [5.41, 5.74) is 6.19. The predicted octanol–water partition coefficient (Wildman–Crippen LogP) is 1.69. The van der Waals surface area contributed by atoms with E-state index >= 15 is 0 Å². The molecule has 18 heavy (non-hydrogen) atoms. The van der Waals surface area contributed by atoms with E-state index in [0.717, 1.165) is 12.0 Å². The zero-order valence-corrected chi connectivity index (χ0v) is 11.0. The average molecular weight is 252 g/mol. The van der Waals surface area contributed by atoms with Crippen LogP contribution < -0.4 is 20.5 Å². The number of amides is 2. The van der Waals surface area contributed by atoms with Crippen LogP contribution in [-0.4, -0.2) is 26.3 Å². The number of nitrogens with two attached hydrogens (primary N) is 1. The summed E-state index contributed by atoms with van der Waals surface area (Å²) in [6.07, 6.45) is 1.52. The van der Waals surface area contributed by atoms with E-state index in [2.05, 4.69) is 5.32 Å². The van der Waals surface area contributed by atoms with Crippen LogP contribution in [0, 0.1) is 0 Å². The molecule has 0 fully saturated rings. The van der Waals surface area contributed by atoms with E-state index in [1.165, 1.54) is 0 Å². The molecule has 5 nitrogen and oxygen atoms in total. The van der Waals surface area contributed by atoms with Crippen LogP contribution in [0.2, 0.25) is 0 Å². The number of carbonyl (C=O) groups excluding carboxylic acids is 1. The van der Waals surface area contributed by atoms with E-state index in [9.17, 15) is 4.79 Å². The van der Waals surface area contributed by atoms with Crippen molar-refractivity contribution in [2.24, 2.45) is 5.73 Å². The predicted molar refractivity (Wildman–Crippen MR) is 70.0 cm³/mol. The molecule has 0 heterocycles. The third kappa shape index (κ3) is 3.84. The van der Waals surface area contributed by atoms with E-state index in [4.69, 9.17) is 15.2 Å². The molecular weight excluding hydrogens is 232 g/mol. The van der Waals surface area contributed by atoms with Crippen LogP contribution in [0.4, 0.5) is 4.79 Å². The number of nitrogens with one attached hydrogen (secondary N) is 1. The lowest BCUT2D eigenvalue weighted by molar-refractivity contribution is 0.244. The van der Waals surface area contributed by atoms with Crippen molar-refractivity contribution in [3.63, 3.8) is 0 Å². The van der Waals surface area contributed by atoms with Gasteiger partial charge in [0, 0.05) is 6.04 Å². The van der Waals surface area contributed by atoms with Gasteiger partial charge in [-0.1, -0.05) is 13.0 Å². The third-order valence-corrected chi connectivity index (χ3v) is 2.77. The Balaban J connectivity index is 2.80. The van der Waals surface area contributed by atoms with E-state index in [1.54, 1.807) is 14.2 Å². The maximum Gasteiger partial charge on any atom is 0.312 e. The molecule has 0 aliphatic carbocycles. The van der Waals surface area contributed by atoms with Gasteiger partial charge in [0.15, 0.2) is 11.5 Å². The lowest BCUT2D eigenvalue weighted by atomic mass is 10.0. The van der Waals surface area contributed by atoms with Gasteiger partial charge in [0.2, 0.25) is 0 Å². The second-order valence-electron chi connectivity index (χ2n) is 4.01. The van der Waals surface area contributed by atoms with Crippen molar-refractivity contribution in [2.45, 2.75) is 25.8 Å². The molecule has 0 saturated carbocycles. The molecule has 0 bridgehead atoms. The number of hydrogen-bond donors (Lipinski definition) is 2. The monoisotopic (exact) mass is 252 g/mol. The molecule has 0 saturated heterocycles. The van der Waals surface area contributed by atoms with Crippen LogP contribution in [0.25, 0.3) is 0 Å². The molecular formula is C13H20N2O3. The van der Waals surface area contributed by atoms with Gasteiger partial charge in [-0.3, -0.25) is 0 Å². The zero-order chi connectivity index (χ0) is 13.5. The molecule has 1 atom stereocenters. The molecule has 0 aliphatic heterocycles. The highest BCUT2D eigenvalue weighted by Crippen LogP contribution is 2.28. The fourth-order valence-corrected chi connectivity index (χ4v) is 1.79. The van der Waals surface area contributed by atoms with Crippen LogP contribution in [0.5, 0.6) is 11.5 Å². The van der Waals surface area contributed by atoms with Crippen molar-refractivity contribution in [3.05, 3.63) is 23.8 Å². The topological polar surface area (TPSA) is 73.6 Å². The summed E-state index contributed by atoms with van der Waals surface area (Å²) in [7, 11) is 3.20. The van der Waals surface area contributed by atoms with Crippen molar-refractivity contribution in [1.29, 1.82) is 0 Å². The van der Waals surface area contributed by atoms with Gasteiger partial charge in [-0.05, 0) is 30.5 Å².